The summed E-state index contributed by atoms with van der Waals surface area (Å²) in [5, 5.41) is 1.25. The van der Waals surface area contributed by atoms with Crippen LogP contribution < -0.4 is 0 Å². The maximum absolute atomic E-state index is 13.0. The van der Waals surface area contributed by atoms with Gasteiger partial charge in [-0.25, -0.2) is 13.4 Å². The lowest BCUT2D eigenvalue weighted by Crippen LogP contribution is -2.51. The van der Waals surface area contributed by atoms with E-state index in [0.29, 0.717) is 22.6 Å². The molecule has 0 spiro atoms. The maximum Gasteiger partial charge on any atom is 0.277 e. The molecule has 0 bridgehead atoms. The van der Waals surface area contributed by atoms with Crippen molar-refractivity contribution < 1.29 is 13.2 Å². The van der Waals surface area contributed by atoms with E-state index < -0.39 is 10.0 Å². The number of hydrogen-bond donors (Lipinski definition) is 2. The summed E-state index contributed by atoms with van der Waals surface area (Å²) >= 11 is 5.95. The Bertz CT molecular complexity index is 1350. The standard InChI is InChI=1S/C19H17ClN6O3S/c20-13-1-2-16-17(8-13)24-19(23-16)30(28,29)26-6-5-25(18(27)11-26)10-14-7-12-9-21-4-3-15(12)22-14/h1-4,7-9,22H,5-6,10-11H2,(H,23,24). The Kier molecular flexibility index (Phi) is 4.49. The zero-order chi connectivity index (χ0) is 20.9. The minimum atomic E-state index is -3.93. The number of amides is 1. The first-order valence-corrected chi connectivity index (χ1v) is 11.1. The molecule has 5 rings (SSSR count). The van der Waals surface area contributed by atoms with Crippen LogP contribution in [0.4, 0.5) is 0 Å². The molecule has 0 aliphatic carbocycles. The number of rotatable bonds is 4. The molecule has 0 radical (unpaired) electrons. The van der Waals surface area contributed by atoms with Gasteiger partial charge in [-0.2, -0.15) is 4.31 Å². The van der Waals surface area contributed by atoms with Gasteiger partial charge >= 0.3 is 0 Å². The van der Waals surface area contributed by atoms with E-state index in [4.69, 9.17) is 11.6 Å². The lowest BCUT2D eigenvalue weighted by molar-refractivity contribution is -0.134. The van der Waals surface area contributed by atoms with E-state index >= 15 is 0 Å². The predicted octanol–water partition coefficient (Wildman–Crippen LogP) is 2.13. The third kappa shape index (κ3) is 3.32. The summed E-state index contributed by atoms with van der Waals surface area (Å²) in [5.74, 6) is -0.263. The topological polar surface area (TPSA) is 115 Å². The molecule has 11 heteroatoms. The van der Waals surface area contributed by atoms with Crippen LogP contribution in [0.2, 0.25) is 5.02 Å². The average Bonchev–Trinajstić information content (AvgIpc) is 3.32. The smallest absolute Gasteiger partial charge is 0.277 e. The van der Waals surface area contributed by atoms with E-state index in [2.05, 4.69) is 19.9 Å². The van der Waals surface area contributed by atoms with Gasteiger partial charge in [0.05, 0.1) is 24.1 Å². The number of nitrogens with zero attached hydrogens (tertiary/aromatic N) is 4. The highest BCUT2D eigenvalue weighted by atomic mass is 35.5. The largest absolute Gasteiger partial charge is 0.357 e. The molecule has 1 amide bonds. The number of halogens is 1. The highest BCUT2D eigenvalue weighted by molar-refractivity contribution is 7.89. The van der Waals surface area contributed by atoms with Gasteiger partial charge in [-0.1, -0.05) is 11.6 Å². The Hall–Kier alpha value is -2.95. The molecule has 9 nitrogen and oxygen atoms in total. The van der Waals surface area contributed by atoms with Gasteiger partial charge in [0.15, 0.2) is 0 Å². The minimum Gasteiger partial charge on any atom is -0.357 e. The lowest BCUT2D eigenvalue weighted by Gasteiger charge is -2.32. The van der Waals surface area contributed by atoms with Gasteiger partial charge in [0, 0.05) is 47.1 Å². The van der Waals surface area contributed by atoms with Crippen molar-refractivity contribution in [3.63, 3.8) is 0 Å². The summed E-state index contributed by atoms with van der Waals surface area (Å²) in [6.45, 7) is 0.623. The summed E-state index contributed by atoms with van der Waals surface area (Å²) < 4.78 is 27.1. The number of H-pyrrole nitrogens is 2. The van der Waals surface area contributed by atoms with Gasteiger partial charge in [-0.05, 0) is 30.3 Å². The molecule has 1 fully saturated rings. The number of benzene rings is 1. The molecule has 1 saturated heterocycles. The number of aromatic nitrogens is 4. The first-order chi connectivity index (χ1) is 14.4. The van der Waals surface area contributed by atoms with E-state index in [1.807, 2.05) is 12.1 Å². The van der Waals surface area contributed by atoms with Crippen LogP contribution in [0.5, 0.6) is 0 Å². The van der Waals surface area contributed by atoms with E-state index in [1.54, 1.807) is 35.5 Å². The van der Waals surface area contributed by atoms with Crippen LogP contribution in [0.25, 0.3) is 21.9 Å². The van der Waals surface area contributed by atoms with Crippen molar-refractivity contribution in [2.24, 2.45) is 0 Å². The molecule has 2 N–H and O–H groups in total. The van der Waals surface area contributed by atoms with Gasteiger partial charge in [-0.3, -0.25) is 9.78 Å². The molecular formula is C19H17ClN6O3S. The predicted molar refractivity (Wildman–Crippen MR) is 111 cm³/mol. The van der Waals surface area contributed by atoms with Gasteiger partial charge in [-0.15, -0.1) is 0 Å². The second kappa shape index (κ2) is 7.08. The fraction of sp³-hybridized carbons (Fsp3) is 0.211. The zero-order valence-electron chi connectivity index (χ0n) is 15.7. The number of aromatic amines is 2. The molecule has 3 aromatic heterocycles. The summed E-state index contributed by atoms with van der Waals surface area (Å²) in [6, 6.07) is 8.71. The molecule has 30 heavy (non-hydrogen) atoms. The summed E-state index contributed by atoms with van der Waals surface area (Å²) in [4.78, 5) is 28.6. The maximum atomic E-state index is 13.0. The molecule has 0 unspecified atom stereocenters. The molecule has 0 atom stereocenters. The number of carbonyl (C=O) groups is 1. The van der Waals surface area contributed by atoms with Crippen LogP contribution in [0.15, 0.2) is 47.9 Å². The van der Waals surface area contributed by atoms with Crippen molar-refractivity contribution in [2.45, 2.75) is 11.7 Å². The highest BCUT2D eigenvalue weighted by Crippen LogP contribution is 2.23. The normalized spacial score (nSPS) is 16.0. The van der Waals surface area contributed by atoms with Crippen molar-refractivity contribution in [3.05, 3.63) is 53.4 Å². The molecule has 4 heterocycles. The Morgan fingerprint density at radius 1 is 1.10 bits per heavy atom. The Labute approximate surface area is 176 Å². The molecule has 0 saturated carbocycles. The molecular weight excluding hydrogens is 428 g/mol. The van der Waals surface area contributed by atoms with Crippen LogP contribution >= 0.6 is 11.6 Å². The number of imidazole rings is 1. The fourth-order valence-corrected chi connectivity index (χ4v) is 5.06. The van der Waals surface area contributed by atoms with E-state index in [-0.39, 0.29) is 30.7 Å². The van der Waals surface area contributed by atoms with E-state index in [0.717, 1.165) is 20.9 Å². The Morgan fingerprint density at radius 2 is 1.97 bits per heavy atom. The summed E-state index contributed by atoms with van der Waals surface area (Å²) in [7, 11) is -3.93. The van der Waals surface area contributed by atoms with Crippen molar-refractivity contribution in [2.75, 3.05) is 19.6 Å². The second-order valence-electron chi connectivity index (χ2n) is 7.11. The van der Waals surface area contributed by atoms with Gasteiger partial charge in [0.2, 0.25) is 11.1 Å². The lowest BCUT2D eigenvalue weighted by atomic mass is 10.3. The first-order valence-electron chi connectivity index (χ1n) is 9.25. The Balaban J connectivity index is 1.33. The Morgan fingerprint density at radius 3 is 2.77 bits per heavy atom. The van der Waals surface area contributed by atoms with Gasteiger partial charge in [0.1, 0.15) is 0 Å². The van der Waals surface area contributed by atoms with Crippen LogP contribution in [-0.2, 0) is 21.4 Å². The number of nitrogens with one attached hydrogen (secondary N) is 2. The quantitative estimate of drug-likeness (QED) is 0.500. The SMILES string of the molecule is O=C1CN(S(=O)(=O)c2nc3ccc(Cl)cc3[nH]2)CCN1Cc1cc2cnccc2[nH]1. The van der Waals surface area contributed by atoms with Gasteiger partial charge in [0.25, 0.3) is 10.0 Å². The third-order valence-electron chi connectivity index (χ3n) is 5.13. The molecule has 1 aliphatic rings. The third-order valence-corrected chi connectivity index (χ3v) is 7.04. The second-order valence-corrected chi connectivity index (χ2v) is 9.40. The van der Waals surface area contributed by atoms with Crippen LogP contribution in [0.3, 0.4) is 0 Å². The van der Waals surface area contributed by atoms with E-state index in [1.165, 1.54) is 0 Å². The van der Waals surface area contributed by atoms with Crippen LogP contribution in [0.1, 0.15) is 5.69 Å². The van der Waals surface area contributed by atoms with Crippen molar-refractivity contribution in [3.8, 4) is 0 Å². The summed E-state index contributed by atoms with van der Waals surface area (Å²) in [5.41, 5.74) is 2.84. The fourth-order valence-electron chi connectivity index (χ4n) is 3.59. The number of pyridine rings is 1. The van der Waals surface area contributed by atoms with Crippen molar-refractivity contribution in [1.29, 1.82) is 0 Å². The number of fused-ring (bicyclic) bond motifs is 2. The van der Waals surface area contributed by atoms with Crippen LogP contribution in [0, 0.1) is 0 Å². The zero-order valence-corrected chi connectivity index (χ0v) is 17.2. The molecule has 4 aromatic rings. The minimum absolute atomic E-state index is 0.188. The molecule has 154 valence electrons. The number of hydrogen-bond acceptors (Lipinski definition) is 5. The number of carbonyl (C=O) groups excluding carboxylic acids is 1. The average molecular weight is 445 g/mol. The summed E-state index contributed by atoms with van der Waals surface area (Å²) in [6.07, 6.45) is 3.45. The number of sulfonamides is 1. The van der Waals surface area contributed by atoms with Crippen molar-refractivity contribution in [1.82, 2.24) is 29.1 Å². The van der Waals surface area contributed by atoms with Gasteiger partial charge < -0.3 is 14.9 Å². The molecule has 1 aliphatic heterocycles. The van der Waals surface area contributed by atoms with Crippen LogP contribution in [-0.4, -0.2) is 63.1 Å². The number of piperazine rings is 1. The van der Waals surface area contributed by atoms with E-state index in [9.17, 15) is 13.2 Å². The highest BCUT2D eigenvalue weighted by Gasteiger charge is 2.34. The first kappa shape index (κ1) is 19.0. The monoisotopic (exact) mass is 444 g/mol. The van der Waals surface area contributed by atoms with Crippen molar-refractivity contribution >= 4 is 49.5 Å². The molecule has 1 aromatic carbocycles.